The maximum atomic E-state index is 13.2. The first-order valence-electron chi connectivity index (χ1n) is 11.2. The van der Waals surface area contributed by atoms with Gasteiger partial charge in [0.15, 0.2) is 0 Å². The van der Waals surface area contributed by atoms with Crippen molar-refractivity contribution in [3.05, 3.63) is 83.4 Å². The SMILES string of the molecule is Cc1cc(C(=O)N2CCN(C(=O)CCCc3ccccc3)CC2)c(C)n1-c1cccnc1. The Morgan fingerprint density at radius 2 is 1.66 bits per heavy atom. The molecular weight excluding hydrogens is 400 g/mol. The summed E-state index contributed by atoms with van der Waals surface area (Å²) in [6.07, 6.45) is 5.86. The van der Waals surface area contributed by atoms with Gasteiger partial charge >= 0.3 is 0 Å². The maximum Gasteiger partial charge on any atom is 0.255 e. The minimum absolute atomic E-state index is 0.0319. The molecule has 0 radical (unpaired) electrons. The third-order valence-electron chi connectivity index (χ3n) is 6.18. The molecule has 0 aliphatic carbocycles. The van der Waals surface area contributed by atoms with Crippen LogP contribution in [0.2, 0.25) is 0 Å². The fraction of sp³-hybridized carbons (Fsp3) is 0.346. The van der Waals surface area contributed by atoms with Gasteiger partial charge in [-0.2, -0.15) is 0 Å². The predicted molar refractivity (Wildman–Crippen MR) is 125 cm³/mol. The van der Waals surface area contributed by atoms with Crippen molar-refractivity contribution in [2.75, 3.05) is 26.2 Å². The van der Waals surface area contributed by atoms with E-state index in [1.807, 2.05) is 60.0 Å². The van der Waals surface area contributed by atoms with E-state index in [2.05, 4.69) is 21.7 Å². The second kappa shape index (κ2) is 9.81. The minimum atomic E-state index is 0.0319. The number of carbonyl (C=O) groups excluding carboxylic acids is 2. The molecule has 32 heavy (non-hydrogen) atoms. The van der Waals surface area contributed by atoms with Gasteiger partial charge in [-0.1, -0.05) is 30.3 Å². The monoisotopic (exact) mass is 430 g/mol. The molecule has 3 heterocycles. The van der Waals surface area contributed by atoms with Gasteiger partial charge in [-0.25, -0.2) is 0 Å². The molecule has 1 aliphatic heterocycles. The molecule has 0 N–H and O–H groups in total. The van der Waals surface area contributed by atoms with Crippen molar-refractivity contribution in [2.45, 2.75) is 33.1 Å². The molecule has 4 rings (SSSR count). The first-order valence-corrected chi connectivity index (χ1v) is 11.2. The van der Waals surface area contributed by atoms with Crippen molar-refractivity contribution in [1.82, 2.24) is 19.4 Å². The third-order valence-corrected chi connectivity index (χ3v) is 6.18. The van der Waals surface area contributed by atoms with E-state index < -0.39 is 0 Å². The van der Waals surface area contributed by atoms with Crippen molar-refractivity contribution < 1.29 is 9.59 Å². The highest BCUT2D eigenvalue weighted by Gasteiger charge is 2.27. The molecule has 1 fully saturated rings. The van der Waals surface area contributed by atoms with Gasteiger partial charge in [-0.05, 0) is 50.5 Å². The lowest BCUT2D eigenvalue weighted by molar-refractivity contribution is -0.132. The number of rotatable bonds is 6. The topological polar surface area (TPSA) is 58.4 Å². The fourth-order valence-electron chi connectivity index (χ4n) is 4.44. The van der Waals surface area contributed by atoms with Crippen molar-refractivity contribution in [1.29, 1.82) is 0 Å². The first-order chi connectivity index (χ1) is 15.5. The number of hydrogen-bond donors (Lipinski definition) is 0. The van der Waals surface area contributed by atoms with Crippen LogP contribution in [0, 0.1) is 13.8 Å². The summed E-state index contributed by atoms with van der Waals surface area (Å²) in [5.74, 6) is 0.215. The number of benzene rings is 1. The molecule has 1 saturated heterocycles. The summed E-state index contributed by atoms with van der Waals surface area (Å²) >= 11 is 0. The molecule has 2 amide bonds. The highest BCUT2D eigenvalue weighted by molar-refractivity contribution is 5.96. The lowest BCUT2D eigenvalue weighted by Crippen LogP contribution is -2.50. The van der Waals surface area contributed by atoms with Crippen LogP contribution in [0.4, 0.5) is 0 Å². The summed E-state index contributed by atoms with van der Waals surface area (Å²) in [6, 6.07) is 16.1. The van der Waals surface area contributed by atoms with Gasteiger partial charge in [0.25, 0.3) is 5.91 Å². The molecule has 166 valence electrons. The van der Waals surface area contributed by atoms with Crippen LogP contribution in [-0.2, 0) is 11.2 Å². The number of aromatic nitrogens is 2. The Labute approximate surface area is 189 Å². The highest BCUT2D eigenvalue weighted by atomic mass is 16.2. The van der Waals surface area contributed by atoms with E-state index in [0.29, 0.717) is 38.2 Å². The van der Waals surface area contributed by atoms with Crippen LogP contribution in [0.5, 0.6) is 0 Å². The zero-order valence-electron chi connectivity index (χ0n) is 18.8. The number of amides is 2. The summed E-state index contributed by atoms with van der Waals surface area (Å²) in [4.78, 5) is 33.8. The van der Waals surface area contributed by atoms with Crippen LogP contribution in [0.15, 0.2) is 60.9 Å². The number of aryl methyl sites for hydroxylation is 2. The molecular formula is C26H30N4O2. The molecule has 1 aliphatic rings. The van der Waals surface area contributed by atoms with Crippen molar-refractivity contribution in [2.24, 2.45) is 0 Å². The van der Waals surface area contributed by atoms with Gasteiger partial charge in [-0.15, -0.1) is 0 Å². The van der Waals surface area contributed by atoms with Crippen LogP contribution in [-0.4, -0.2) is 57.3 Å². The lowest BCUT2D eigenvalue weighted by atomic mass is 10.1. The van der Waals surface area contributed by atoms with E-state index in [1.54, 1.807) is 12.4 Å². The van der Waals surface area contributed by atoms with E-state index >= 15 is 0 Å². The molecule has 0 spiro atoms. The van der Waals surface area contributed by atoms with E-state index in [1.165, 1.54) is 5.56 Å². The van der Waals surface area contributed by atoms with Crippen LogP contribution in [0.1, 0.15) is 40.2 Å². The Balaban J connectivity index is 1.32. The Bertz CT molecular complexity index is 1070. The Morgan fingerprint density at radius 3 is 2.34 bits per heavy atom. The van der Waals surface area contributed by atoms with Crippen molar-refractivity contribution in [3.63, 3.8) is 0 Å². The molecule has 0 unspecified atom stereocenters. The summed E-state index contributed by atoms with van der Waals surface area (Å²) in [6.45, 7) is 6.30. The number of hydrogen-bond acceptors (Lipinski definition) is 3. The van der Waals surface area contributed by atoms with E-state index in [4.69, 9.17) is 0 Å². The molecule has 2 aromatic heterocycles. The Morgan fingerprint density at radius 1 is 0.938 bits per heavy atom. The zero-order valence-corrected chi connectivity index (χ0v) is 18.8. The molecule has 6 heteroatoms. The number of piperazine rings is 1. The molecule has 0 saturated carbocycles. The van der Waals surface area contributed by atoms with Crippen molar-refractivity contribution in [3.8, 4) is 5.69 Å². The van der Waals surface area contributed by atoms with Crippen LogP contribution in [0.25, 0.3) is 5.69 Å². The van der Waals surface area contributed by atoms with Crippen LogP contribution < -0.4 is 0 Å². The van der Waals surface area contributed by atoms with Crippen molar-refractivity contribution >= 4 is 11.8 Å². The van der Waals surface area contributed by atoms with Gasteiger partial charge in [0, 0.05) is 50.2 Å². The van der Waals surface area contributed by atoms with Gasteiger partial charge in [0.2, 0.25) is 5.91 Å². The van der Waals surface area contributed by atoms with E-state index in [0.717, 1.165) is 29.9 Å². The third kappa shape index (κ3) is 4.74. The van der Waals surface area contributed by atoms with Crippen LogP contribution in [0.3, 0.4) is 0 Å². The smallest absolute Gasteiger partial charge is 0.255 e. The minimum Gasteiger partial charge on any atom is -0.339 e. The average Bonchev–Trinajstić information content (AvgIpc) is 3.13. The van der Waals surface area contributed by atoms with Gasteiger partial charge in [0.05, 0.1) is 17.4 Å². The summed E-state index contributed by atoms with van der Waals surface area (Å²) in [5, 5.41) is 0. The second-order valence-corrected chi connectivity index (χ2v) is 8.34. The summed E-state index contributed by atoms with van der Waals surface area (Å²) in [7, 11) is 0. The van der Waals surface area contributed by atoms with E-state index in [-0.39, 0.29) is 11.8 Å². The average molecular weight is 431 g/mol. The maximum absolute atomic E-state index is 13.2. The molecule has 3 aromatic rings. The fourth-order valence-corrected chi connectivity index (χ4v) is 4.44. The Hall–Kier alpha value is -3.41. The zero-order chi connectivity index (χ0) is 22.5. The Kier molecular flexibility index (Phi) is 6.69. The normalized spacial score (nSPS) is 13.9. The number of pyridine rings is 1. The molecule has 1 aromatic carbocycles. The highest BCUT2D eigenvalue weighted by Crippen LogP contribution is 2.22. The van der Waals surface area contributed by atoms with Gasteiger partial charge in [0.1, 0.15) is 0 Å². The van der Waals surface area contributed by atoms with Gasteiger partial charge < -0.3 is 14.4 Å². The largest absolute Gasteiger partial charge is 0.339 e. The predicted octanol–water partition coefficient (Wildman–Crippen LogP) is 3.80. The number of carbonyl (C=O) groups is 2. The first kappa shape index (κ1) is 21.8. The quantitative estimate of drug-likeness (QED) is 0.598. The van der Waals surface area contributed by atoms with Crippen LogP contribution >= 0.6 is 0 Å². The standard InChI is InChI=1S/C26H30N4O2/c1-20-18-24(21(2)30(20)23-11-7-13-27-19-23)26(32)29-16-14-28(15-17-29)25(31)12-6-10-22-8-4-3-5-9-22/h3-5,7-9,11,13,18-19H,6,10,12,14-17H2,1-2H3. The second-order valence-electron chi connectivity index (χ2n) is 8.34. The molecule has 0 atom stereocenters. The summed E-state index contributed by atoms with van der Waals surface area (Å²) < 4.78 is 2.06. The molecule has 6 nitrogen and oxygen atoms in total. The lowest BCUT2D eigenvalue weighted by Gasteiger charge is -2.35. The number of nitrogens with zero attached hydrogens (tertiary/aromatic N) is 4. The molecule has 0 bridgehead atoms. The van der Waals surface area contributed by atoms with E-state index in [9.17, 15) is 9.59 Å². The van der Waals surface area contributed by atoms with Gasteiger partial charge in [-0.3, -0.25) is 14.6 Å². The summed E-state index contributed by atoms with van der Waals surface area (Å²) in [5.41, 5.74) is 4.85.